The summed E-state index contributed by atoms with van der Waals surface area (Å²) in [5.74, 6) is 1.15. The second kappa shape index (κ2) is 7.82. The van der Waals surface area contributed by atoms with Gasteiger partial charge in [-0.2, -0.15) is 10.1 Å². The summed E-state index contributed by atoms with van der Waals surface area (Å²) >= 11 is 9.52. The normalized spacial score (nSPS) is 11.1. The van der Waals surface area contributed by atoms with Crippen LogP contribution in [0.1, 0.15) is 12.6 Å². The van der Waals surface area contributed by atoms with Crippen molar-refractivity contribution in [2.24, 2.45) is 0 Å². The minimum atomic E-state index is 0.144. The van der Waals surface area contributed by atoms with E-state index in [4.69, 9.17) is 16.3 Å². The minimum absolute atomic E-state index is 0.144. The predicted octanol–water partition coefficient (Wildman–Crippen LogP) is 2.94. The summed E-state index contributed by atoms with van der Waals surface area (Å²) in [7, 11) is 0. The Morgan fingerprint density at radius 2 is 2.25 bits per heavy atom. The van der Waals surface area contributed by atoms with Crippen LogP contribution in [0.15, 0.2) is 18.6 Å². The number of hydrogen-bond acceptors (Lipinski definition) is 7. The highest BCUT2D eigenvalue weighted by molar-refractivity contribution is 9.08. The van der Waals surface area contributed by atoms with Gasteiger partial charge in [0.25, 0.3) is 0 Å². The molecule has 0 saturated heterocycles. The number of ether oxygens (including phenoxy) is 1. The van der Waals surface area contributed by atoms with E-state index in [1.807, 2.05) is 11.6 Å². The Hall–Kier alpha value is -1.84. The Morgan fingerprint density at radius 3 is 2.96 bits per heavy atom. The molecule has 0 aromatic carbocycles. The summed E-state index contributed by atoms with van der Waals surface area (Å²) in [4.78, 5) is 16.7. The highest BCUT2D eigenvalue weighted by atomic mass is 79.9. The summed E-state index contributed by atoms with van der Waals surface area (Å²) in [6.45, 7) is 3.74. The molecule has 0 unspecified atom stereocenters. The summed E-state index contributed by atoms with van der Waals surface area (Å²) in [6, 6.07) is 1.74. The topological polar surface area (TPSA) is 90.6 Å². The van der Waals surface area contributed by atoms with Gasteiger partial charge in [0.1, 0.15) is 23.2 Å². The zero-order valence-corrected chi connectivity index (χ0v) is 15.2. The molecule has 0 aliphatic heterocycles. The summed E-state index contributed by atoms with van der Waals surface area (Å²) in [5.41, 5.74) is 2.24. The van der Waals surface area contributed by atoms with E-state index in [9.17, 15) is 0 Å². The van der Waals surface area contributed by atoms with Gasteiger partial charge in [-0.25, -0.2) is 15.0 Å². The predicted molar refractivity (Wildman–Crippen MR) is 94.8 cm³/mol. The maximum atomic E-state index is 6.08. The zero-order valence-electron chi connectivity index (χ0n) is 12.9. The lowest BCUT2D eigenvalue weighted by Crippen LogP contribution is -2.09. The number of anilines is 2. The minimum Gasteiger partial charge on any atom is -0.380 e. The van der Waals surface area contributed by atoms with Gasteiger partial charge in [-0.15, -0.1) is 0 Å². The molecular weight excluding hydrogens is 398 g/mol. The van der Waals surface area contributed by atoms with Crippen molar-refractivity contribution in [1.82, 2.24) is 29.7 Å². The van der Waals surface area contributed by atoms with Crippen LogP contribution in [0, 0.1) is 0 Å². The molecule has 3 rings (SSSR count). The molecule has 3 heterocycles. The number of aromatic nitrogens is 6. The largest absolute Gasteiger partial charge is 0.380 e. The fourth-order valence-electron chi connectivity index (χ4n) is 2.24. The van der Waals surface area contributed by atoms with Crippen molar-refractivity contribution < 1.29 is 4.74 Å². The number of fused-ring (bicyclic) bond motifs is 1. The smallest absolute Gasteiger partial charge is 0.225 e. The van der Waals surface area contributed by atoms with Crippen molar-refractivity contribution in [3.8, 4) is 0 Å². The average Bonchev–Trinajstić information content (AvgIpc) is 2.94. The second-order valence-corrected chi connectivity index (χ2v) is 5.66. The third-order valence-corrected chi connectivity index (χ3v) is 3.94. The van der Waals surface area contributed by atoms with E-state index in [0.29, 0.717) is 42.2 Å². The third-order valence-electron chi connectivity index (χ3n) is 3.24. The summed E-state index contributed by atoms with van der Waals surface area (Å²) in [6.07, 6.45) is 3.10. The maximum absolute atomic E-state index is 6.08. The molecule has 0 amide bonds. The molecule has 0 atom stereocenters. The fourth-order valence-corrected chi connectivity index (χ4v) is 2.78. The summed E-state index contributed by atoms with van der Waals surface area (Å²) in [5, 5.41) is 8.44. The van der Waals surface area contributed by atoms with E-state index in [-0.39, 0.29) is 5.28 Å². The molecule has 0 aliphatic carbocycles. The summed E-state index contributed by atoms with van der Waals surface area (Å²) < 4.78 is 7.25. The van der Waals surface area contributed by atoms with Crippen LogP contribution in [0.3, 0.4) is 0 Å². The van der Waals surface area contributed by atoms with Gasteiger partial charge in [-0.05, 0) is 24.6 Å². The number of rotatable bonds is 7. The molecule has 10 heteroatoms. The van der Waals surface area contributed by atoms with Crippen LogP contribution in [-0.2, 0) is 16.6 Å². The first-order valence-electron chi connectivity index (χ1n) is 7.32. The van der Waals surface area contributed by atoms with Gasteiger partial charge in [0.15, 0.2) is 5.82 Å². The molecule has 0 saturated carbocycles. The lowest BCUT2D eigenvalue weighted by molar-refractivity contribution is 0.137. The van der Waals surface area contributed by atoms with Crippen LogP contribution in [0.25, 0.3) is 11.0 Å². The van der Waals surface area contributed by atoms with Crippen molar-refractivity contribution in [2.45, 2.75) is 18.8 Å². The molecule has 0 spiro atoms. The molecule has 0 bridgehead atoms. The van der Waals surface area contributed by atoms with Gasteiger partial charge >= 0.3 is 0 Å². The highest BCUT2D eigenvalue weighted by Gasteiger charge is 2.18. The second-order valence-electron chi connectivity index (χ2n) is 4.76. The molecule has 0 fully saturated rings. The lowest BCUT2D eigenvalue weighted by atomic mass is 10.3. The van der Waals surface area contributed by atoms with Crippen LogP contribution in [0.2, 0.25) is 5.28 Å². The zero-order chi connectivity index (χ0) is 16.9. The molecule has 0 radical (unpaired) electrons. The number of nitrogens with one attached hydrogen (secondary N) is 1. The van der Waals surface area contributed by atoms with Crippen LogP contribution in [0.4, 0.5) is 11.6 Å². The molecule has 3 aromatic rings. The van der Waals surface area contributed by atoms with Gasteiger partial charge in [-0.3, -0.25) is 4.68 Å². The molecule has 24 heavy (non-hydrogen) atoms. The highest BCUT2D eigenvalue weighted by Crippen LogP contribution is 2.28. The van der Waals surface area contributed by atoms with Gasteiger partial charge in [0.05, 0.1) is 18.8 Å². The van der Waals surface area contributed by atoms with Crippen LogP contribution in [-0.4, -0.2) is 42.9 Å². The maximum Gasteiger partial charge on any atom is 0.225 e. The number of halogens is 2. The van der Waals surface area contributed by atoms with Crippen molar-refractivity contribution >= 4 is 50.2 Å². The van der Waals surface area contributed by atoms with Crippen LogP contribution in [0.5, 0.6) is 0 Å². The molecule has 3 aromatic heterocycles. The van der Waals surface area contributed by atoms with E-state index >= 15 is 0 Å². The Kier molecular flexibility index (Phi) is 5.54. The first kappa shape index (κ1) is 17.0. The van der Waals surface area contributed by atoms with Gasteiger partial charge in [0.2, 0.25) is 5.28 Å². The molecule has 0 aliphatic rings. The Bertz CT molecular complexity index is 827. The van der Waals surface area contributed by atoms with Crippen LogP contribution < -0.4 is 5.32 Å². The monoisotopic (exact) mass is 411 g/mol. The number of nitrogens with zero attached hydrogens (tertiary/aromatic N) is 6. The quantitative estimate of drug-likeness (QED) is 0.362. The van der Waals surface area contributed by atoms with Crippen LogP contribution >= 0.6 is 27.5 Å². The van der Waals surface area contributed by atoms with E-state index in [1.54, 1.807) is 12.3 Å². The Labute approximate surface area is 151 Å². The van der Waals surface area contributed by atoms with E-state index < -0.39 is 0 Å². The third kappa shape index (κ3) is 3.63. The fraction of sp³-hybridized carbons (Fsp3) is 0.357. The standard InChI is InChI=1S/C14H15BrClN7O/c1-2-24-6-5-23-12-11(9(7-15)22-23)20-14(16)21-13(12)19-10-3-4-17-8-18-10/h3-4,8H,2,5-7H2,1H3,(H,17,18,19,20,21). The van der Waals surface area contributed by atoms with Crippen molar-refractivity contribution in [2.75, 3.05) is 18.5 Å². The molecule has 8 nitrogen and oxygen atoms in total. The average molecular weight is 413 g/mol. The molecule has 1 N–H and O–H groups in total. The lowest BCUT2D eigenvalue weighted by Gasteiger charge is -2.09. The van der Waals surface area contributed by atoms with Crippen molar-refractivity contribution in [3.63, 3.8) is 0 Å². The number of hydrogen-bond donors (Lipinski definition) is 1. The Morgan fingerprint density at radius 1 is 1.38 bits per heavy atom. The van der Waals surface area contributed by atoms with Gasteiger partial charge in [0, 0.05) is 18.1 Å². The van der Waals surface area contributed by atoms with E-state index in [2.05, 4.69) is 46.3 Å². The molecule has 126 valence electrons. The SMILES string of the molecule is CCOCCn1nc(CBr)c2nc(Cl)nc(Nc3ccncn3)c21. The van der Waals surface area contributed by atoms with E-state index in [1.165, 1.54) is 6.33 Å². The molecular formula is C14H15BrClN7O. The van der Waals surface area contributed by atoms with Gasteiger partial charge in [-0.1, -0.05) is 15.9 Å². The Balaban J connectivity index is 2.07. The number of alkyl halides is 1. The van der Waals surface area contributed by atoms with Crippen molar-refractivity contribution in [1.29, 1.82) is 0 Å². The van der Waals surface area contributed by atoms with Gasteiger partial charge < -0.3 is 10.1 Å². The first-order valence-corrected chi connectivity index (χ1v) is 8.82. The first-order chi connectivity index (χ1) is 11.7. The van der Waals surface area contributed by atoms with E-state index in [0.717, 1.165) is 11.2 Å². The van der Waals surface area contributed by atoms with Crippen molar-refractivity contribution in [3.05, 3.63) is 29.6 Å².